The molecule has 0 saturated heterocycles. The Labute approximate surface area is 125 Å². The summed E-state index contributed by atoms with van der Waals surface area (Å²) in [6, 6.07) is 0. The van der Waals surface area contributed by atoms with E-state index in [-0.39, 0.29) is 11.7 Å². The number of hydrogen-bond acceptors (Lipinski definition) is 3. The molecule has 5 heteroatoms. The highest BCUT2D eigenvalue weighted by molar-refractivity contribution is 6.33. The molecule has 0 spiro atoms. The molecule has 1 aromatic rings. The highest BCUT2D eigenvalue weighted by Gasteiger charge is 2.29. The summed E-state index contributed by atoms with van der Waals surface area (Å²) in [5.74, 6) is 1.04. The molecule has 1 aromatic heterocycles. The molecule has 0 radical (unpaired) electrons. The van der Waals surface area contributed by atoms with E-state index in [9.17, 15) is 4.79 Å². The van der Waals surface area contributed by atoms with Gasteiger partial charge in [0, 0.05) is 13.0 Å². The number of Topliss-reactive ketones (excluding diaryl/α,β-unsaturated/α-hetero) is 1. The number of halogens is 1. The number of carbonyl (C=O) groups is 1. The average molecular weight is 299 g/mol. The van der Waals surface area contributed by atoms with E-state index in [1.165, 1.54) is 6.42 Å². The Morgan fingerprint density at radius 3 is 2.75 bits per heavy atom. The third-order valence-electron chi connectivity index (χ3n) is 4.33. The van der Waals surface area contributed by atoms with Gasteiger partial charge in [0.2, 0.25) is 0 Å². The van der Waals surface area contributed by atoms with Gasteiger partial charge < -0.3 is 4.74 Å². The maximum Gasteiger partial charge on any atom is 0.185 e. The summed E-state index contributed by atoms with van der Waals surface area (Å²) in [5.41, 5.74) is 0.559. The number of nitrogens with zero attached hydrogens (tertiary/aromatic N) is 2. The van der Waals surface area contributed by atoms with Crippen LogP contribution in [0.2, 0.25) is 5.02 Å². The minimum Gasteiger partial charge on any atom is -0.383 e. The van der Waals surface area contributed by atoms with E-state index in [0.717, 1.165) is 31.6 Å². The third-order valence-corrected chi connectivity index (χ3v) is 4.61. The van der Waals surface area contributed by atoms with Gasteiger partial charge >= 0.3 is 0 Å². The Hall–Kier alpha value is -0.870. The van der Waals surface area contributed by atoms with E-state index in [2.05, 4.69) is 12.0 Å². The first-order valence-corrected chi connectivity index (χ1v) is 7.79. The summed E-state index contributed by atoms with van der Waals surface area (Å²) >= 11 is 6.15. The third kappa shape index (κ3) is 3.41. The summed E-state index contributed by atoms with van der Waals surface area (Å²) < 4.78 is 6.73. The maximum atomic E-state index is 12.7. The van der Waals surface area contributed by atoms with Crippen molar-refractivity contribution in [2.75, 3.05) is 13.7 Å². The molecule has 112 valence electrons. The van der Waals surface area contributed by atoms with Crippen LogP contribution in [-0.4, -0.2) is 29.3 Å². The molecule has 0 amide bonds. The van der Waals surface area contributed by atoms with Gasteiger partial charge in [0.25, 0.3) is 0 Å². The SMILES string of the molecule is CCC1CCC(C(=O)c2c(Cl)cnn2CCOC)CC1. The number of methoxy groups -OCH3 is 1. The molecule has 0 aliphatic heterocycles. The van der Waals surface area contributed by atoms with Crippen molar-refractivity contribution in [1.29, 1.82) is 0 Å². The quantitative estimate of drug-likeness (QED) is 0.754. The number of rotatable bonds is 6. The number of hydrogen-bond donors (Lipinski definition) is 0. The Kier molecular flexibility index (Phi) is 5.61. The molecular weight excluding hydrogens is 276 g/mol. The number of ether oxygens (including phenoxy) is 1. The van der Waals surface area contributed by atoms with Gasteiger partial charge in [-0.15, -0.1) is 0 Å². The number of carbonyl (C=O) groups excluding carboxylic acids is 1. The van der Waals surface area contributed by atoms with E-state index >= 15 is 0 Å². The first-order valence-electron chi connectivity index (χ1n) is 7.41. The summed E-state index contributed by atoms with van der Waals surface area (Å²) in [4.78, 5) is 12.7. The highest BCUT2D eigenvalue weighted by Crippen LogP contribution is 2.33. The zero-order valence-corrected chi connectivity index (χ0v) is 13.0. The minimum atomic E-state index is 0.105. The molecule has 0 unspecified atom stereocenters. The fourth-order valence-corrected chi connectivity index (χ4v) is 3.22. The van der Waals surface area contributed by atoms with Gasteiger partial charge in [-0.3, -0.25) is 9.48 Å². The molecule has 1 aliphatic carbocycles. The lowest BCUT2D eigenvalue weighted by molar-refractivity contribution is 0.0856. The van der Waals surface area contributed by atoms with E-state index in [0.29, 0.717) is 23.9 Å². The van der Waals surface area contributed by atoms with Crippen molar-refractivity contribution in [3.8, 4) is 0 Å². The molecule has 1 aliphatic rings. The van der Waals surface area contributed by atoms with Gasteiger partial charge in [-0.05, 0) is 31.6 Å². The van der Waals surface area contributed by atoms with Crippen LogP contribution in [-0.2, 0) is 11.3 Å². The predicted octanol–water partition coefficient (Wildman–Crippen LogP) is 3.58. The summed E-state index contributed by atoms with van der Waals surface area (Å²) in [6.45, 7) is 3.32. The molecule has 0 atom stereocenters. The Morgan fingerprint density at radius 1 is 1.45 bits per heavy atom. The van der Waals surface area contributed by atoms with Crippen molar-refractivity contribution in [3.63, 3.8) is 0 Å². The van der Waals surface area contributed by atoms with Crippen LogP contribution in [0.3, 0.4) is 0 Å². The van der Waals surface area contributed by atoms with Crippen molar-refractivity contribution in [3.05, 3.63) is 16.9 Å². The zero-order valence-electron chi connectivity index (χ0n) is 12.3. The summed E-state index contributed by atoms with van der Waals surface area (Å²) in [6.07, 6.45) is 7.02. The minimum absolute atomic E-state index is 0.105. The van der Waals surface area contributed by atoms with Crippen LogP contribution in [0.4, 0.5) is 0 Å². The van der Waals surface area contributed by atoms with E-state index in [4.69, 9.17) is 16.3 Å². The summed E-state index contributed by atoms with van der Waals surface area (Å²) in [7, 11) is 1.64. The molecule has 0 N–H and O–H groups in total. The van der Waals surface area contributed by atoms with Gasteiger partial charge in [-0.25, -0.2) is 0 Å². The second-order valence-corrected chi connectivity index (χ2v) is 5.95. The molecule has 20 heavy (non-hydrogen) atoms. The first-order chi connectivity index (χ1) is 9.67. The van der Waals surface area contributed by atoms with Crippen LogP contribution in [0.25, 0.3) is 0 Å². The summed E-state index contributed by atoms with van der Waals surface area (Å²) in [5, 5.41) is 4.65. The Bertz CT molecular complexity index is 451. The van der Waals surface area contributed by atoms with Crippen LogP contribution >= 0.6 is 11.6 Å². The lowest BCUT2D eigenvalue weighted by atomic mass is 9.78. The van der Waals surface area contributed by atoms with Crippen LogP contribution in [0.15, 0.2) is 6.20 Å². The molecule has 4 nitrogen and oxygen atoms in total. The lowest BCUT2D eigenvalue weighted by Gasteiger charge is -2.27. The van der Waals surface area contributed by atoms with Crippen LogP contribution in [0.5, 0.6) is 0 Å². The van der Waals surface area contributed by atoms with Crippen LogP contribution in [0, 0.1) is 11.8 Å². The van der Waals surface area contributed by atoms with Crippen molar-refractivity contribution in [1.82, 2.24) is 9.78 Å². The lowest BCUT2D eigenvalue weighted by Crippen LogP contribution is -2.25. The maximum absolute atomic E-state index is 12.7. The monoisotopic (exact) mass is 298 g/mol. The second kappa shape index (κ2) is 7.23. The van der Waals surface area contributed by atoms with Gasteiger partial charge in [0.05, 0.1) is 24.4 Å². The van der Waals surface area contributed by atoms with E-state index in [1.54, 1.807) is 18.0 Å². The first kappa shape index (κ1) is 15.5. The number of ketones is 1. The normalized spacial score (nSPS) is 22.9. The number of aromatic nitrogens is 2. The predicted molar refractivity (Wildman–Crippen MR) is 79.2 cm³/mol. The van der Waals surface area contributed by atoms with Gasteiger partial charge in [0.1, 0.15) is 5.69 Å². The van der Waals surface area contributed by atoms with Gasteiger partial charge in [-0.1, -0.05) is 24.9 Å². The molecule has 2 rings (SSSR count). The van der Waals surface area contributed by atoms with Crippen LogP contribution in [0.1, 0.15) is 49.5 Å². The highest BCUT2D eigenvalue weighted by atomic mass is 35.5. The second-order valence-electron chi connectivity index (χ2n) is 5.55. The van der Waals surface area contributed by atoms with Gasteiger partial charge in [0.15, 0.2) is 5.78 Å². The average Bonchev–Trinajstić information content (AvgIpc) is 2.85. The Balaban J connectivity index is 2.07. The molecule has 1 heterocycles. The van der Waals surface area contributed by atoms with Crippen molar-refractivity contribution < 1.29 is 9.53 Å². The fourth-order valence-electron chi connectivity index (χ4n) is 2.98. The van der Waals surface area contributed by atoms with E-state index in [1.807, 2.05) is 0 Å². The standard InChI is InChI=1S/C15H23ClN2O2/c1-3-11-4-6-12(7-5-11)15(19)14-13(16)10-17-18(14)8-9-20-2/h10-12H,3-9H2,1-2H3. The fraction of sp³-hybridized carbons (Fsp3) is 0.733. The molecular formula is C15H23ClN2O2. The molecule has 0 aromatic carbocycles. The van der Waals surface area contributed by atoms with Crippen molar-refractivity contribution in [2.24, 2.45) is 11.8 Å². The Morgan fingerprint density at radius 2 is 2.15 bits per heavy atom. The largest absolute Gasteiger partial charge is 0.383 e. The van der Waals surface area contributed by atoms with Crippen molar-refractivity contribution in [2.45, 2.75) is 45.6 Å². The smallest absolute Gasteiger partial charge is 0.185 e. The van der Waals surface area contributed by atoms with Crippen LogP contribution < -0.4 is 0 Å². The molecule has 1 saturated carbocycles. The topological polar surface area (TPSA) is 44.1 Å². The van der Waals surface area contributed by atoms with Gasteiger partial charge in [-0.2, -0.15) is 5.10 Å². The zero-order chi connectivity index (χ0) is 14.5. The van der Waals surface area contributed by atoms with E-state index < -0.39 is 0 Å². The van der Waals surface area contributed by atoms with Crippen molar-refractivity contribution >= 4 is 17.4 Å². The molecule has 0 bridgehead atoms. The molecule has 1 fully saturated rings.